The number of piperidine rings is 1. The highest BCUT2D eigenvalue weighted by molar-refractivity contribution is 5.63. The minimum Gasteiger partial charge on any atom is -0.489 e. The Balaban J connectivity index is 0.000000354. The van der Waals surface area contributed by atoms with E-state index in [1.54, 1.807) is 13.2 Å². The molecule has 5 rings (SSSR count). The molecular weight excluding hydrogens is 418 g/mol. The highest BCUT2D eigenvalue weighted by atomic mass is 19.1. The number of fused-ring (bicyclic) bond motifs is 1. The zero-order valence-electron chi connectivity index (χ0n) is 18.1. The van der Waals surface area contributed by atoms with Gasteiger partial charge in [0.2, 0.25) is 0 Å². The van der Waals surface area contributed by atoms with Crippen LogP contribution in [-0.4, -0.2) is 53.0 Å². The van der Waals surface area contributed by atoms with Crippen molar-refractivity contribution in [2.75, 3.05) is 39.1 Å². The van der Waals surface area contributed by atoms with Crippen LogP contribution in [0.15, 0.2) is 18.3 Å². The fourth-order valence-corrected chi connectivity index (χ4v) is 3.53. The second-order valence-electron chi connectivity index (χ2n) is 7.92. The Bertz CT molecular complexity index is 1050. The summed E-state index contributed by atoms with van der Waals surface area (Å²) in [7, 11) is 1.60. The molecule has 172 valence electrons. The number of nitrogens with one attached hydrogen (secondary N) is 1. The quantitative estimate of drug-likeness (QED) is 0.561. The van der Waals surface area contributed by atoms with Gasteiger partial charge in [-0.2, -0.15) is 5.10 Å². The van der Waals surface area contributed by atoms with Gasteiger partial charge in [-0.1, -0.05) is 6.42 Å². The van der Waals surface area contributed by atoms with Crippen LogP contribution in [0.1, 0.15) is 43.7 Å². The third kappa shape index (κ3) is 5.13. The van der Waals surface area contributed by atoms with Crippen molar-refractivity contribution in [3.05, 3.63) is 35.7 Å². The molecule has 0 aromatic carbocycles. The molecule has 1 aliphatic carbocycles. The van der Waals surface area contributed by atoms with Crippen LogP contribution >= 0.6 is 0 Å². The Kier molecular flexibility index (Phi) is 7.11. The van der Waals surface area contributed by atoms with E-state index in [0.717, 1.165) is 18.5 Å². The van der Waals surface area contributed by atoms with Crippen LogP contribution in [0, 0.1) is 11.6 Å². The Hall–Kier alpha value is -2.85. The number of nitrogens with two attached hydrogens (primary N) is 1. The molecule has 3 N–H and O–H groups in total. The fraction of sp³-hybridized carbons (Fsp3) is 0.500. The third-order valence-electron chi connectivity index (χ3n) is 5.40. The van der Waals surface area contributed by atoms with Gasteiger partial charge in [-0.25, -0.2) is 23.3 Å². The maximum absolute atomic E-state index is 14.2. The zero-order valence-corrected chi connectivity index (χ0v) is 18.1. The summed E-state index contributed by atoms with van der Waals surface area (Å²) in [6.45, 7) is 3.35. The van der Waals surface area contributed by atoms with Gasteiger partial charge in [0, 0.05) is 25.2 Å². The van der Waals surface area contributed by atoms with Crippen LogP contribution in [0.2, 0.25) is 0 Å². The smallest absolute Gasteiger partial charge is 0.168 e. The van der Waals surface area contributed by atoms with Crippen LogP contribution in [0.3, 0.4) is 0 Å². The number of nitrogens with zero attached hydrogens (tertiary/aromatic N) is 4. The van der Waals surface area contributed by atoms with Crippen molar-refractivity contribution < 1.29 is 18.3 Å². The lowest BCUT2D eigenvalue weighted by atomic mass is 10.2. The highest BCUT2D eigenvalue weighted by Crippen LogP contribution is 2.43. The molecule has 0 spiro atoms. The van der Waals surface area contributed by atoms with Crippen LogP contribution in [0.5, 0.6) is 5.75 Å². The van der Waals surface area contributed by atoms with Crippen molar-refractivity contribution in [1.29, 1.82) is 0 Å². The first-order valence-electron chi connectivity index (χ1n) is 10.9. The molecule has 2 aliphatic rings. The summed E-state index contributed by atoms with van der Waals surface area (Å²) < 4.78 is 39.9. The number of hydrogen-bond donors (Lipinski definition) is 2. The lowest BCUT2D eigenvalue weighted by molar-refractivity contribution is 0.145. The summed E-state index contributed by atoms with van der Waals surface area (Å²) in [4.78, 5) is 8.06. The summed E-state index contributed by atoms with van der Waals surface area (Å²) in [5, 5.41) is 7.88. The maximum Gasteiger partial charge on any atom is 0.168 e. The van der Waals surface area contributed by atoms with E-state index >= 15 is 0 Å². The topological polar surface area (TPSA) is 99.6 Å². The van der Waals surface area contributed by atoms with E-state index in [0.29, 0.717) is 42.3 Å². The van der Waals surface area contributed by atoms with Gasteiger partial charge >= 0.3 is 0 Å². The largest absolute Gasteiger partial charge is 0.489 e. The molecule has 10 heteroatoms. The Morgan fingerprint density at radius 2 is 1.91 bits per heavy atom. The third-order valence-corrected chi connectivity index (χ3v) is 5.40. The molecule has 0 amide bonds. The Morgan fingerprint density at radius 1 is 1.12 bits per heavy atom. The minimum atomic E-state index is -0.902. The number of hydrogen-bond acceptors (Lipinski definition) is 7. The second-order valence-corrected chi connectivity index (χ2v) is 7.92. The molecule has 1 saturated heterocycles. The number of nitrogen functional groups attached to an aromatic ring is 1. The normalized spacial score (nSPS) is 16.0. The van der Waals surface area contributed by atoms with E-state index < -0.39 is 11.6 Å². The van der Waals surface area contributed by atoms with Crippen molar-refractivity contribution in [3.8, 4) is 17.1 Å². The van der Waals surface area contributed by atoms with E-state index in [1.807, 2.05) is 0 Å². The number of ether oxygens (including phenoxy) is 2. The monoisotopic (exact) mass is 446 g/mol. The minimum absolute atomic E-state index is 0.0984. The standard InChI is InChI=1S/C17H17F2N5O2.C5H11N/c1-25-4-5-26-13-7-14-21-8-12(24(14)23-15(13)9-2-3-9)16-10(18)6-11(19)17(20)22-16;1-2-4-6-5-3-1/h6-9H,2-5H2,1H3,(H2,20,22);6H,1-5H2. The predicted molar refractivity (Wildman–Crippen MR) is 117 cm³/mol. The number of aromatic nitrogens is 4. The molecule has 4 heterocycles. The van der Waals surface area contributed by atoms with E-state index in [1.165, 1.54) is 43.1 Å². The van der Waals surface area contributed by atoms with Crippen molar-refractivity contribution in [2.45, 2.75) is 38.0 Å². The molecule has 0 bridgehead atoms. The summed E-state index contributed by atoms with van der Waals surface area (Å²) in [5.41, 5.74) is 6.94. The average molecular weight is 447 g/mol. The number of anilines is 1. The van der Waals surface area contributed by atoms with Gasteiger partial charge in [-0.05, 0) is 38.8 Å². The number of imidazole rings is 1. The summed E-state index contributed by atoms with van der Waals surface area (Å²) in [5.74, 6) is -1.17. The molecular formula is C22H28F2N6O2. The van der Waals surface area contributed by atoms with E-state index in [4.69, 9.17) is 15.2 Å². The van der Waals surface area contributed by atoms with Crippen LogP contribution in [0.25, 0.3) is 17.0 Å². The van der Waals surface area contributed by atoms with E-state index in [2.05, 4.69) is 20.4 Å². The van der Waals surface area contributed by atoms with Crippen molar-refractivity contribution in [3.63, 3.8) is 0 Å². The first kappa shape index (κ1) is 22.3. The number of pyridine rings is 1. The van der Waals surface area contributed by atoms with Crippen LogP contribution in [0.4, 0.5) is 14.6 Å². The molecule has 32 heavy (non-hydrogen) atoms. The van der Waals surface area contributed by atoms with Gasteiger partial charge in [0.25, 0.3) is 0 Å². The van der Waals surface area contributed by atoms with Crippen molar-refractivity contribution >= 4 is 11.5 Å². The SMILES string of the molecule is C1CCNCC1.COCCOc1cc2ncc(-c3nc(N)c(F)cc3F)n2nc1C1CC1. The lowest BCUT2D eigenvalue weighted by Gasteiger charge is -2.11. The van der Waals surface area contributed by atoms with Gasteiger partial charge in [0.05, 0.1) is 12.8 Å². The predicted octanol–water partition coefficient (Wildman–Crippen LogP) is 3.31. The summed E-state index contributed by atoms with van der Waals surface area (Å²) >= 11 is 0. The highest BCUT2D eigenvalue weighted by Gasteiger charge is 2.30. The zero-order chi connectivity index (χ0) is 22.5. The number of methoxy groups -OCH3 is 1. The fourth-order valence-electron chi connectivity index (χ4n) is 3.53. The van der Waals surface area contributed by atoms with Crippen LogP contribution < -0.4 is 15.8 Å². The molecule has 1 saturated carbocycles. The van der Waals surface area contributed by atoms with Crippen LogP contribution in [-0.2, 0) is 4.74 Å². The van der Waals surface area contributed by atoms with Crippen molar-refractivity contribution in [1.82, 2.24) is 24.9 Å². The molecule has 0 unspecified atom stereocenters. The summed E-state index contributed by atoms with van der Waals surface area (Å²) in [6.07, 6.45) is 7.67. The summed E-state index contributed by atoms with van der Waals surface area (Å²) in [6, 6.07) is 2.46. The first-order valence-corrected chi connectivity index (χ1v) is 10.9. The first-order chi connectivity index (χ1) is 15.6. The number of halogens is 2. The second kappa shape index (κ2) is 10.2. The average Bonchev–Trinajstić information content (AvgIpc) is 3.58. The molecule has 1 aliphatic heterocycles. The van der Waals surface area contributed by atoms with E-state index in [-0.39, 0.29) is 11.5 Å². The molecule has 8 nitrogen and oxygen atoms in total. The lowest BCUT2D eigenvalue weighted by Crippen LogP contribution is -2.21. The molecule has 0 radical (unpaired) electrons. The van der Waals surface area contributed by atoms with Gasteiger partial charge < -0.3 is 20.5 Å². The molecule has 3 aromatic heterocycles. The Morgan fingerprint density at radius 3 is 2.53 bits per heavy atom. The van der Waals surface area contributed by atoms with Gasteiger partial charge in [-0.3, -0.25) is 0 Å². The van der Waals surface area contributed by atoms with E-state index in [9.17, 15) is 8.78 Å². The van der Waals surface area contributed by atoms with Crippen molar-refractivity contribution in [2.24, 2.45) is 0 Å². The molecule has 0 atom stereocenters. The van der Waals surface area contributed by atoms with Gasteiger partial charge in [-0.15, -0.1) is 0 Å². The Labute approximate surface area is 185 Å². The number of rotatable bonds is 6. The molecule has 2 fully saturated rings. The molecule has 3 aromatic rings. The van der Waals surface area contributed by atoms with Gasteiger partial charge in [0.15, 0.2) is 23.1 Å². The maximum atomic E-state index is 14.2. The van der Waals surface area contributed by atoms with Gasteiger partial charge in [0.1, 0.15) is 29.4 Å².